The maximum Gasteiger partial charge on any atom is 0.242 e. The van der Waals surface area contributed by atoms with E-state index in [1.807, 2.05) is 26.8 Å². The molecule has 0 radical (unpaired) electrons. The summed E-state index contributed by atoms with van der Waals surface area (Å²) in [5, 5.41) is 4.76. The molecule has 0 saturated carbocycles. The zero-order valence-corrected chi connectivity index (χ0v) is 18.7. The largest absolute Gasteiger partial charge is 0.494 e. The number of hydrogen-bond acceptors (Lipinski definition) is 5. The summed E-state index contributed by atoms with van der Waals surface area (Å²) in [5.74, 6) is 0.765. The number of rotatable bonds is 5. The van der Waals surface area contributed by atoms with Crippen molar-refractivity contribution < 1.29 is 19.1 Å². The third kappa shape index (κ3) is 4.78. The lowest BCUT2D eigenvalue weighted by atomic mass is 9.91. The van der Waals surface area contributed by atoms with E-state index >= 15 is 0 Å². The SMILES string of the molecule is CNC(=O)C1C[C@@H](Oc2ncc(OC)c3ccc(Cl)cc23)CN1C(=O)CC(C)(C)C. The van der Waals surface area contributed by atoms with E-state index in [9.17, 15) is 9.59 Å². The van der Waals surface area contributed by atoms with Gasteiger partial charge < -0.3 is 19.7 Å². The standard InChI is InChI=1S/C22H28ClN3O4/c1-22(2,3)10-19(27)26-12-14(9-17(26)20(28)24-4)30-21-16-8-13(23)6-7-15(16)18(29-5)11-25-21/h6-8,11,14,17H,9-10,12H2,1-5H3,(H,24,28)/t14-,17?/m1/s1. The van der Waals surface area contributed by atoms with Crippen molar-refractivity contribution in [1.29, 1.82) is 0 Å². The number of hydrogen-bond donors (Lipinski definition) is 1. The van der Waals surface area contributed by atoms with E-state index in [4.69, 9.17) is 21.1 Å². The summed E-state index contributed by atoms with van der Waals surface area (Å²) in [6.45, 7) is 6.33. The van der Waals surface area contributed by atoms with Crippen LogP contribution < -0.4 is 14.8 Å². The highest BCUT2D eigenvalue weighted by Gasteiger charge is 2.41. The monoisotopic (exact) mass is 433 g/mol. The number of amides is 2. The van der Waals surface area contributed by atoms with Crippen molar-refractivity contribution in [3.63, 3.8) is 0 Å². The smallest absolute Gasteiger partial charge is 0.242 e. The number of likely N-dealkylation sites (tertiary alicyclic amines) is 1. The molecule has 1 saturated heterocycles. The van der Waals surface area contributed by atoms with E-state index in [1.54, 1.807) is 37.4 Å². The van der Waals surface area contributed by atoms with E-state index in [0.29, 0.717) is 36.0 Å². The lowest BCUT2D eigenvalue weighted by Crippen LogP contribution is -2.45. The number of pyridine rings is 1. The molecule has 2 aromatic rings. The molecule has 1 aromatic heterocycles. The van der Waals surface area contributed by atoms with Crippen LogP contribution in [0.4, 0.5) is 0 Å². The average molecular weight is 434 g/mol. The Labute approximate surface area is 181 Å². The molecule has 3 rings (SSSR count). The fraction of sp³-hybridized carbons (Fsp3) is 0.500. The second-order valence-corrected chi connectivity index (χ2v) is 9.15. The van der Waals surface area contributed by atoms with E-state index in [1.165, 1.54) is 0 Å². The van der Waals surface area contributed by atoms with Crippen molar-refractivity contribution in [2.45, 2.75) is 45.8 Å². The first-order chi connectivity index (χ1) is 14.1. The van der Waals surface area contributed by atoms with Crippen LogP contribution in [0.3, 0.4) is 0 Å². The molecule has 1 aromatic carbocycles. The van der Waals surface area contributed by atoms with Crippen LogP contribution >= 0.6 is 11.6 Å². The summed E-state index contributed by atoms with van der Waals surface area (Å²) in [6, 6.07) is 4.84. The third-order valence-electron chi connectivity index (χ3n) is 5.09. The van der Waals surface area contributed by atoms with Crippen LogP contribution in [0.15, 0.2) is 24.4 Å². The van der Waals surface area contributed by atoms with Crippen molar-refractivity contribution in [3.05, 3.63) is 29.4 Å². The van der Waals surface area contributed by atoms with Crippen molar-refractivity contribution in [2.75, 3.05) is 20.7 Å². The topological polar surface area (TPSA) is 80.8 Å². The van der Waals surface area contributed by atoms with E-state index in [2.05, 4.69) is 10.3 Å². The Morgan fingerprint density at radius 2 is 2.03 bits per heavy atom. The number of ether oxygens (including phenoxy) is 2. The normalized spacial score (nSPS) is 19.1. The van der Waals surface area contributed by atoms with Crippen LogP contribution in [0.25, 0.3) is 10.8 Å². The number of halogens is 1. The van der Waals surface area contributed by atoms with E-state index in [0.717, 1.165) is 10.8 Å². The minimum atomic E-state index is -0.567. The van der Waals surface area contributed by atoms with Gasteiger partial charge in [-0.05, 0) is 23.6 Å². The molecule has 7 nitrogen and oxygen atoms in total. The van der Waals surface area contributed by atoms with Crippen LogP contribution in [0.2, 0.25) is 5.02 Å². The average Bonchev–Trinajstić information content (AvgIpc) is 3.10. The van der Waals surface area contributed by atoms with Crippen LogP contribution in [-0.2, 0) is 9.59 Å². The first-order valence-electron chi connectivity index (χ1n) is 9.93. The van der Waals surface area contributed by atoms with Gasteiger partial charge >= 0.3 is 0 Å². The molecular formula is C22H28ClN3O4. The van der Waals surface area contributed by atoms with Gasteiger partial charge in [-0.2, -0.15) is 0 Å². The van der Waals surface area contributed by atoms with Gasteiger partial charge in [-0.15, -0.1) is 0 Å². The molecule has 1 unspecified atom stereocenters. The lowest BCUT2D eigenvalue weighted by Gasteiger charge is -2.26. The van der Waals surface area contributed by atoms with Gasteiger partial charge in [-0.25, -0.2) is 4.98 Å². The van der Waals surface area contributed by atoms with Crippen molar-refractivity contribution in [2.24, 2.45) is 5.41 Å². The molecule has 0 bridgehead atoms. The molecule has 1 N–H and O–H groups in total. The summed E-state index contributed by atoms with van der Waals surface area (Å²) < 4.78 is 11.6. The summed E-state index contributed by atoms with van der Waals surface area (Å²) in [4.78, 5) is 31.3. The van der Waals surface area contributed by atoms with Gasteiger partial charge in [0.15, 0.2) is 0 Å². The number of aromatic nitrogens is 1. The van der Waals surface area contributed by atoms with Crippen molar-refractivity contribution in [3.8, 4) is 11.6 Å². The summed E-state index contributed by atoms with van der Waals surface area (Å²) in [6.07, 6.45) is 1.98. The maximum absolute atomic E-state index is 12.9. The second kappa shape index (κ2) is 8.68. The molecule has 1 aliphatic heterocycles. The Balaban J connectivity index is 1.88. The van der Waals surface area contributed by atoms with E-state index in [-0.39, 0.29) is 23.3 Å². The molecule has 1 fully saturated rings. The number of carbonyl (C=O) groups excluding carboxylic acids is 2. The number of nitrogens with one attached hydrogen (secondary N) is 1. The number of carbonyl (C=O) groups is 2. The van der Waals surface area contributed by atoms with Gasteiger partial charge in [-0.3, -0.25) is 9.59 Å². The highest BCUT2D eigenvalue weighted by molar-refractivity contribution is 6.31. The Kier molecular flexibility index (Phi) is 6.41. The molecule has 0 aliphatic carbocycles. The first kappa shape index (κ1) is 22.2. The fourth-order valence-electron chi connectivity index (χ4n) is 3.71. The van der Waals surface area contributed by atoms with Gasteiger partial charge in [0.25, 0.3) is 0 Å². The quantitative estimate of drug-likeness (QED) is 0.781. The molecular weight excluding hydrogens is 406 g/mol. The summed E-state index contributed by atoms with van der Waals surface area (Å²) >= 11 is 6.18. The Morgan fingerprint density at radius 1 is 1.30 bits per heavy atom. The van der Waals surface area contributed by atoms with Crippen LogP contribution in [0.1, 0.15) is 33.6 Å². The molecule has 8 heteroatoms. The summed E-state index contributed by atoms with van der Waals surface area (Å²) in [7, 11) is 3.15. The molecule has 1 aliphatic rings. The second-order valence-electron chi connectivity index (χ2n) is 8.71. The number of nitrogens with zero attached hydrogens (tertiary/aromatic N) is 2. The number of benzene rings is 1. The highest BCUT2D eigenvalue weighted by Crippen LogP contribution is 2.35. The molecule has 2 amide bonds. The van der Waals surface area contributed by atoms with Crippen LogP contribution in [-0.4, -0.2) is 54.5 Å². The zero-order valence-electron chi connectivity index (χ0n) is 18.0. The minimum Gasteiger partial charge on any atom is -0.494 e. The lowest BCUT2D eigenvalue weighted by molar-refractivity contribution is -0.139. The summed E-state index contributed by atoms with van der Waals surface area (Å²) in [5.41, 5.74) is -0.173. The molecule has 2 atom stereocenters. The van der Waals surface area contributed by atoms with Gasteiger partial charge in [0.05, 0.1) is 19.9 Å². The Morgan fingerprint density at radius 3 is 2.67 bits per heavy atom. The zero-order chi connectivity index (χ0) is 22.1. The highest BCUT2D eigenvalue weighted by atomic mass is 35.5. The van der Waals surface area contributed by atoms with Gasteiger partial charge in [0.1, 0.15) is 17.9 Å². The van der Waals surface area contributed by atoms with Gasteiger partial charge in [0.2, 0.25) is 17.7 Å². The number of fused-ring (bicyclic) bond motifs is 1. The molecule has 162 valence electrons. The number of likely N-dealkylation sites (N-methyl/N-ethyl adjacent to an activating group) is 1. The Bertz CT molecular complexity index is 957. The molecule has 30 heavy (non-hydrogen) atoms. The molecule has 0 spiro atoms. The fourth-order valence-corrected chi connectivity index (χ4v) is 3.88. The van der Waals surface area contributed by atoms with Crippen LogP contribution in [0.5, 0.6) is 11.6 Å². The van der Waals surface area contributed by atoms with Gasteiger partial charge in [0, 0.05) is 35.7 Å². The predicted molar refractivity (Wildman–Crippen MR) is 116 cm³/mol. The van der Waals surface area contributed by atoms with Crippen LogP contribution in [0, 0.1) is 5.41 Å². The number of methoxy groups -OCH3 is 1. The Hall–Kier alpha value is -2.54. The predicted octanol–water partition coefficient (Wildman–Crippen LogP) is 3.43. The van der Waals surface area contributed by atoms with E-state index < -0.39 is 6.04 Å². The maximum atomic E-state index is 12.9. The minimum absolute atomic E-state index is 0.0576. The third-order valence-corrected chi connectivity index (χ3v) is 5.32. The van der Waals surface area contributed by atoms with Gasteiger partial charge in [-0.1, -0.05) is 32.4 Å². The van der Waals surface area contributed by atoms with Crippen molar-refractivity contribution in [1.82, 2.24) is 15.2 Å². The first-order valence-corrected chi connectivity index (χ1v) is 10.3. The van der Waals surface area contributed by atoms with Crippen molar-refractivity contribution >= 4 is 34.2 Å². The molecule has 2 heterocycles.